The van der Waals surface area contributed by atoms with E-state index in [1.165, 1.54) is 6.34 Å². The Morgan fingerprint density at radius 3 is 2.15 bits per heavy atom. The van der Waals surface area contributed by atoms with Crippen LogP contribution in [0.1, 0.15) is 45.6 Å². The van der Waals surface area contributed by atoms with Crippen LogP contribution in [0.15, 0.2) is 33.6 Å². The molecule has 1 aliphatic carbocycles. The summed E-state index contributed by atoms with van der Waals surface area (Å²) in [5, 5.41) is 0. The van der Waals surface area contributed by atoms with Gasteiger partial charge in [0.15, 0.2) is 0 Å². The quantitative estimate of drug-likeness (QED) is 0.448. The van der Waals surface area contributed by atoms with E-state index in [2.05, 4.69) is 32.1 Å². The van der Waals surface area contributed by atoms with E-state index in [-0.39, 0.29) is 23.2 Å². The molecule has 1 saturated carbocycles. The molecule has 1 aromatic rings. The van der Waals surface area contributed by atoms with Crippen molar-refractivity contribution in [1.29, 1.82) is 0 Å². The van der Waals surface area contributed by atoms with Gasteiger partial charge in [0.25, 0.3) is 10.0 Å². The summed E-state index contributed by atoms with van der Waals surface area (Å²) in [7, 11) is -0.415. The van der Waals surface area contributed by atoms with Crippen molar-refractivity contribution in [2.75, 3.05) is 14.1 Å². The van der Waals surface area contributed by atoms with Crippen LogP contribution in [-0.2, 0) is 19.3 Å². The summed E-state index contributed by atoms with van der Waals surface area (Å²) < 4.78 is 40.3. The van der Waals surface area contributed by atoms with Crippen LogP contribution in [0.4, 0.5) is 0 Å². The molecule has 0 aromatic heterocycles. The van der Waals surface area contributed by atoms with Gasteiger partial charge in [0.1, 0.15) is 6.34 Å². The van der Waals surface area contributed by atoms with Gasteiger partial charge in [0.2, 0.25) is 0 Å². The molecule has 2 atom stereocenters. The van der Waals surface area contributed by atoms with Gasteiger partial charge >= 0.3 is 7.12 Å². The maximum Gasteiger partial charge on any atom is 0.461 e. The highest BCUT2D eigenvalue weighted by atomic mass is 32.2. The fourth-order valence-electron chi connectivity index (χ4n) is 3.07. The van der Waals surface area contributed by atoms with Crippen LogP contribution in [0.5, 0.6) is 0 Å². The van der Waals surface area contributed by atoms with Gasteiger partial charge < -0.3 is 14.2 Å². The second kappa shape index (κ2) is 6.35. The topological polar surface area (TPSA) is 68.2 Å². The van der Waals surface area contributed by atoms with Crippen molar-refractivity contribution < 1.29 is 17.7 Å². The number of hydrogen-bond donors (Lipinski definition) is 0. The minimum atomic E-state index is -3.66. The van der Waals surface area contributed by atoms with Crippen molar-refractivity contribution in [3.63, 3.8) is 0 Å². The smallest absolute Gasteiger partial charge is 0.403 e. The lowest BCUT2D eigenvalue weighted by molar-refractivity contribution is 0.00578. The van der Waals surface area contributed by atoms with E-state index in [1.807, 2.05) is 12.1 Å². The number of nitrogens with zero attached hydrogens (tertiary/aromatic N) is 2. The van der Waals surface area contributed by atoms with E-state index >= 15 is 0 Å². The van der Waals surface area contributed by atoms with Gasteiger partial charge in [-0.1, -0.05) is 12.1 Å². The molecule has 2 unspecified atom stereocenters. The first-order chi connectivity index (χ1) is 11.9. The molecule has 26 heavy (non-hydrogen) atoms. The van der Waals surface area contributed by atoms with Gasteiger partial charge in [-0.15, -0.1) is 4.40 Å². The van der Waals surface area contributed by atoms with Crippen molar-refractivity contribution in [2.45, 2.75) is 61.9 Å². The van der Waals surface area contributed by atoms with Gasteiger partial charge in [0, 0.05) is 19.9 Å². The van der Waals surface area contributed by atoms with Crippen LogP contribution < -0.4 is 0 Å². The maximum atomic E-state index is 12.2. The first kappa shape index (κ1) is 19.4. The Balaban J connectivity index is 1.68. The molecular formula is C18H27BN2O4S. The minimum Gasteiger partial charge on any atom is -0.403 e. The van der Waals surface area contributed by atoms with Crippen LogP contribution in [0.25, 0.3) is 0 Å². The molecule has 6 nitrogen and oxygen atoms in total. The predicted molar refractivity (Wildman–Crippen MR) is 103 cm³/mol. The van der Waals surface area contributed by atoms with E-state index in [1.54, 1.807) is 31.1 Å². The maximum absolute atomic E-state index is 12.2. The Labute approximate surface area is 156 Å². The van der Waals surface area contributed by atoms with Gasteiger partial charge in [-0.05, 0) is 57.7 Å². The number of rotatable bonds is 5. The molecule has 1 aromatic carbocycles. The lowest BCUT2D eigenvalue weighted by Gasteiger charge is -2.32. The molecule has 1 saturated heterocycles. The third-order valence-electron chi connectivity index (χ3n) is 5.48. The highest BCUT2D eigenvalue weighted by Gasteiger charge is 2.59. The molecule has 142 valence electrons. The molecule has 1 heterocycles. The summed E-state index contributed by atoms with van der Waals surface area (Å²) in [6.45, 7) is 8.22. The highest BCUT2D eigenvalue weighted by Crippen LogP contribution is 2.58. The third kappa shape index (κ3) is 3.68. The molecule has 0 N–H and O–H groups in total. The lowest BCUT2D eigenvalue weighted by Crippen LogP contribution is -2.41. The summed E-state index contributed by atoms with van der Waals surface area (Å²) in [4.78, 5) is 1.79. The van der Waals surface area contributed by atoms with Crippen LogP contribution >= 0.6 is 0 Å². The zero-order chi connectivity index (χ0) is 19.3. The van der Waals surface area contributed by atoms with Crippen LogP contribution in [0.3, 0.4) is 0 Å². The number of hydrogen-bond acceptors (Lipinski definition) is 4. The summed E-state index contributed by atoms with van der Waals surface area (Å²) >= 11 is 0. The molecular weight excluding hydrogens is 351 g/mol. The van der Waals surface area contributed by atoms with Crippen molar-refractivity contribution in [3.8, 4) is 0 Å². The fourth-order valence-corrected chi connectivity index (χ4v) is 3.98. The monoisotopic (exact) mass is 378 g/mol. The van der Waals surface area contributed by atoms with Crippen LogP contribution in [0, 0.1) is 0 Å². The SMILES string of the molecule is CN(C)/C=N/S(=O)(=O)c1ccc(C2CC2B2OC(C)(C)C(C)(C)O2)cc1. The third-order valence-corrected chi connectivity index (χ3v) is 6.72. The Bertz CT molecular complexity index is 787. The number of sulfonamides is 1. The Morgan fingerprint density at radius 2 is 1.65 bits per heavy atom. The second-order valence-corrected chi connectivity index (χ2v) is 9.99. The lowest BCUT2D eigenvalue weighted by atomic mass is 9.79. The molecule has 1 aliphatic heterocycles. The molecule has 0 radical (unpaired) electrons. The van der Waals surface area contributed by atoms with Gasteiger partial charge in [-0.25, -0.2) is 0 Å². The molecule has 8 heteroatoms. The average molecular weight is 378 g/mol. The number of benzene rings is 1. The van der Waals surface area contributed by atoms with Gasteiger partial charge in [-0.2, -0.15) is 8.42 Å². The van der Waals surface area contributed by atoms with E-state index in [4.69, 9.17) is 9.31 Å². The van der Waals surface area contributed by atoms with E-state index in [0.717, 1.165) is 12.0 Å². The molecule has 0 spiro atoms. The first-order valence-corrected chi connectivity index (χ1v) is 10.3. The summed E-state index contributed by atoms with van der Waals surface area (Å²) in [5.74, 6) is 0.650. The molecule has 0 bridgehead atoms. The highest BCUT2D eigenvalue weighted by molar-refractivity contribution is 7.90. The largest absolute Gasteiger partial charge is 0.461 e. The zero-order valence-electron chi connectivity index (χ0n) is 16.3. The van der Waals surface area contributed by atoms with Crippen LogP contribution in [-0.4, -0.2) is 52.1 Å². The summed E-state index contributed by atoms with van der Waals surface area (Å²) in [5.41, 5.74) is 0.459. The predicted octanol–water partition coefficient (Wildman–Crippen LogP) is 2.91. The van der Waals surface area contributed by atoms with Crippen molar-refractivity contribution in [2.24, 2.45) is 4.40 Å². The van der Waals surface area contributed by atoms with Crippen molar-refractivity contribution in [3.05, 3.63) is 29.8 Å². The van der Waals surface area contributed by atoms with E-state index in [0.29, 0.717) is 11.7 Å². The molecule has 2 aliphatic rings. The Kier molecular flexibility index (Phi) is 4.74. The summed E-state index contributed by atoms with van der Waals surface area (Å²) in [6.07, 6.45) is 2.28. The van der Waals surface area contributed by atoms with Gasteiger partial charge in [0.05, 0.1) is 16.1 Å². The fraction of sp³-hybridized carbons (Fsp3) is 0.611. The first-order valence-electron chi connectivity index (χ1n) is 8.85. The molecule has 2 fully saturated rings. The standard InChI is InChI=1S/C18H27BN2O4S/c1-17(2)18(3,4)25-19(24-17)16-11-15(16)13-7-9-14(10-8-13)26(22,23)20-12-21(5)6/h7-10,12,15-16H,11H2,1-6H3/b20-12+. The minimum absolute atomic E-state index is 0.201. The zero-order valence-corrected chi connectivity index (χ0v) is 17.1. The van der Waals surface area contributed by atoms with E-state index in [9.17, 15) is 8.42 Å². The van der Waals surface area contributed by atoms with Crippen molar-refractivity contribution in [1.82, 2.24) is 4.90 Å². The van der Waals surface area contributed by atoms with Gasteiger partial charge in [-0.3, -0.25) is 0 Å². The average Bonchev–Trinajstić information content (AvgIpc) is 3.28. The van der Waals surface area contributed by atoms with E-state index < -0.39 is 10.0 Å². The second-order valence-electron chi connectivity index (χ2n) is 8.36. The summed E-state index contributed by atoms with van der Waals surface area (Å²) in [6, 6.07) is 6.98. The molecule has 3 rings (SSSR count). The van der Waals surface area contributed by atoms with Crippen molar-refractivity contribution >= 4 is 23.5 Å². The Morgan fingerprint density at radius 1 is 1.12 bits per heavy atom. The Hall–Kier alpha value is -1.38. The van der Waals surface area contributed by atoms with Crippen LogP contribution in [0.2, 0.25) is 5.82 Å². The molecule has 0 amide bonds. The normalized spacial score (nSPS) is 27.1.